The van der Waals surface area contributed by atoms with E-state index in [1.54, 1.807) is 11.8 Å². The van der Waals surface area contributed by atoms with E-state index in [1.807, 2.05) is 7.05 Å². The Morgan fingerprint density at radius 1 is 1.14 bits per heavy atom. The molecule has 21 heavy (non-hydrogen) atoms. The number of rotatable bonds is 2. The van der Waals surface area contributed by atoms with Crippen molar-refractivity contribution in [2.75, 3.05) is 59.2 Å². The second kappa shape index (κ2) is 6.20. The van der Waals surface area contributed by atoms with Crippen molar-refractivity contribution in [3.63, 3.8) is 0 Å². The number of morpholine rings is 1. The summed E-state index contributed by atoms with van der Waals surface area (Å²) in [6, 6.07) is 0. The molecule has 0 aromatic carbocycles. The number of hydrogen-bond donors (Lipinski definition) is 0. The summed E-state index contributed by atoms with van der Waals surface area (Å²) in [6.07, 6.45) is 2.10. The third kappa shape index (κ3) is 3.94. The van der Waals surface area contributed by atoms with Gasteiger partial charge in [0.15, 0.2) is 5.60 Å². The number of hydrogen-bond acceptors (Lipinski definition) is 5. The van der Waals surface area contributed by atoms with E-state index in [0.29, 0.717) is 19.6 Å². The summed E-state index contributed by atoms with van der Waals surface area (Å²) in [6.45, 7) is 5.51. The van der Waals surface area contributed by atoms with Gasteiger partial charge in [-0.25, -0.2) is 8.42 Å². The van der Waals surface area contributed by atoms with E-state index in [4.69, 9.17) is 4.74 Å². The summed E-state index contributed by atoms with van der Waals surface area (Å²) in [5, 5.41) is 0. The summed E-state index contributed by atoms with van der Waals surface area (Å²) in [7, 11) is -1.26. The molecule has 0 bridgehead atoms. The molecule has 0 aromatic heterocycles. The Hall–Kier alpha value is -0.700. The van der Waals surface area contributed by atoms with Gasteiger partial charge in [-0.3, -0.25) is 4.79 Å². The maximum absolute atomic E-state index is 12.8. The van der Waals surface area contributed by atoms with Crippen molar-refractivity contribution in [1.82, 2.24) is 14.1 Å². The van der Waals surface area contributed by atoms with Crippen molar-refractivity contribution in [2.24, 2.45) is 0 Å². The summed E-state index contributed by atoms with van der Waals surface area (Å²) >= 11 is 0. The Labute approximate surface area is 126 Å². The molecule has 7 nitrogen and oxygen atoms in total. The van der Waals surface area contributed by atoms with Gasteiger partial charge in [-0.1, -0.05) is 0 Å². The van der Waals surface area contributed by atoms with Crippen LogP contribution >= 0.6 is 0 Å². The Morgan fingerprint density at radius 2 is 1.86 bits per heavy atom. The smallest absolute Gasteiger partial charge is 0.255 e. The SMILES string of the molecule is CN1CCCN(C(=O)[C@]2(C)CN(S(C)(=O)=O)CCO2)CC1. The molecule has 0 spiro atoms. The van der Waals surface area contributed by atoms with Crippen LogP contribution in [0.1, 0.15) is 13.3 Å². The molecule has 2 rings (SSSR count). The zero-order chi connectivity index (χ0) is 15.7. The summed E-state index contributed by atoms with van der Waals surface area (Å²) in [5.74, 6) is -0.105. The zero-order valence-corrected chi connectivity index (χ0v) is 13.9. The lowest BCUT2D eigenvalue weighted by Gasteiger charge is -2.40. The summed E-state index contributed by atoms with van der Waals surface area (Å²) in [4.78, 5) is 16.8. The molecule has 122 valence electrons. The van der Waals surface area contributed by atoms with Crippen LogP contribution in [0.3, 0.4) is 0 Å². The molecule has 1 atom stereocenters. The molecule has 0 aliphatic carbocycles. The third-order valence-corrected chi connectivity index (χ3v) is 5.42. The van der Waals surface area contributed by atoms with E-state index in [2.05, 4.69) is 4.90 Å². The number of ether oxygens (including phenoxy) is 1. The molecule has 0 saturated carbocycles. The zero-order valence-electron chi connectivity index (χ0n) is 13.0. The highest BCUT2D eigenvalue weighted by molar-refractivity contribution is 7.88. The fourth-order valence-electron chi connectivity index (χ4n) is 2.83. The van der Waals surface area contributed by atoms with Gasteiger partial charge in [-0.05, 0) is 26.9 Å². The molecule has 0 aromatic rings. The van der Waals surface area contributed by atoms with Crippen molar-refractivity contribution in [2.45, 2.75) is 18.9 Å². The van der Waals surface area contributed by atoms with E-state index < -0.39 is 15.6 Å². The summed E-state index contributed by atoms with van der Waals surface area (Å²) in [5.41, 5.74) is -1.08. The average molecular weight is 319 g/mol. The minimum Gasteiger partial charge on any atom is -0.363 e. The number of likely N-dealkylation sites (N-methyl/N-ethyl adjacent to an activating group) is 1. The van der Waals surface area contributed by atoms with Gasteiger partial charge >= 0.3 is 0 Å². The second-order valence-electron chi connectivity index (χ2n) is 6.12. The normalized spacial score (nSPS) is 30.1. The van der Waals surface area contributed by atoms with Gasteiger partial charge in [0.05, 0.1) is 19.4 Å². The van der Waals surface area contributed by atoms with Crippen LogP contribution < -0.4 is 0 Å². The highest BCUT2D eigenvalue weighted by Crippen LogP contribution is 2.23. The highest BCUT2D eigenvalue weighted by atomic mass is 32.2. The fraction of sp³-hybridized carbons (Fsp3) is 0.923. The minimum atomic E-state index is -3.30. The molecule has 2 heterocycles. The van der Waals surface area contributed by atoms with Crippen molar-refractivity contribution in [3.8, 4) is 0 Å². The molecule has 1 amide bonds. The van der Waals surface area contributed by atoms with Crippen LogP contribution in [0, 0.1) is 0 Å². The largest absolute Gasteiger partial charge is 0.363 e. The Kier molecular flexibility index (Phi) is 4.92. The molecule has 2 aliphatic heterocycles. The highest BCUT2D eigenvalue weighted by Gasteiger charge is 2.44. The predicted octanol–water partition coefficient (Wildman–Crippen LogP) is -0.799. The first-order chi connectivity index (χ1) is 9.72. The molecule has 2 saturated heterocycles. The van der Waals surface area contributed by atoms with Gasteiger partial charge < -0.3 is 14.5 Å². The number of carbonyl (C=O) groups excluding carboxylic acids is 1. The van der Waals surface area contributed by atoms with Crippen molar-refractivity contribution < 1.29 is 17.9 Å². The lowest BCUT2D eigenvalue weighted by molar-refractivity contribution is -0.163. The monoisotopic (exact) mass is 319 g/mol. The van der Waals surface area contributed by atoms with Gasteiger partial charge in [0.2, 0.25) is 10.0 Å². The third-order valence-electron chi connectivity index (χ3n) is 4.17. The van der Waals surface area contributed by atoms with Crippen LogP contribution in [0.5, 0.6) is 0 Å². The van der Waals surface area contributed by atoms with Gasteiger partial charge in [0.1, 0.15) is 0 Å². The van der Waals surface area contributed by atoms with Crippen LogP contribution in [0.25, 0.3) is 0 Å². The van der Waals surface area contributed by atoms with Crippen LogP contribution in [0.4, 0.5) is 0 Å². The number of amides is 1. The molecular weight excluding hydrogens is 294 g/mol. The van der Waals surface area contributed by atoms with Crippen LogP contribution in [-0.2, 0) is 19.6 Å². The first-order valence-electron chi connectivity index (χ1n) is 7.29. The Morgan fingerprint density at radius 3 is 2.52 bits per heavy atom. The molecule has 0 radical (unpaired) electrons. The minimum absolute atomic E-state index is 0.0943. The molecule has 2 fully saturated rings. The maximum atomic E-state index is 12.8. The fourth-order valence-corrected chi connectivity index (χ4v) is 3.72. The van der Waals surface area contributed by atoms with Crippen molar-refractivity contribution in [3.05, 3.63) is 0 Å². The second-order valence-corrected chi connectivity index (χ2v) is 8.11. The van der Waals surface area contributed by atoms with E-state index in [1.165, 1.54) is 10.6 Å². The van der Waals surface area contributed by atoms with Crippen LogP contribution in [0.15, 0.2) is 0 Å². The molecule has 0 unspecified atom stereocenters. The average Bonchev–Trinajstić information content (AvgIpc) is 2.62. The molecule has 0 N–H and O–H groups in total. The van der Waals surface area contributed by atoms with Gasteiger partial charge in [-0.2, -0.15) is 4.31 Å². The maximum Gasteiger partial charge on any atom is 0.255 e. The van der Waals surface area contributed by atoms with Gasteiger partial charge in [0, 0.05) is 26.2 Å². The quantitative estimate of drug-likeness (QED) is 0.666. The van der Waals surface area contributed by atoms with E-state index in [0.717, 1.165) is 19.5 Å². The van der Waals surface area contributed by atoms with Crippen LogP contribution in [0.2, 0.25) is 0 Å². The number of sulfonamides is 1. The first-order valence-corrected chi connectivity index (χ1v) is 9.14. The molecule has 8 heteroatoms. The number of carbonyl (C=O) groups is 1. The molecular formula is C13H25N3O4S. The van der Waals surface area contributed by atoms with Crippen molar-refractivity contribution in [1.29, 1.82) is 0 Å². The lowest BCUT2D eigenvalue weighted by Crippen LogP contribution is -2.60. The topological polar surface area (TPSA) is 70.2 Å². The number of nitrogens with zero attached hydrogens (tertiary/aromatic N) is 3. The summed E-state index contributed by atoms with van der Waals surface area (Å²) < 4.78 is 30.4. The van der Waals surface area contributed by atoms with E-state index in [9.17, 15) is 13.2 Å². The Balaban J connectivity index is 2.09. The van der Waals surface area contributed by atoms with Crippen molar-refractivity contribution >= 4 is 15.9 Å². The lowest BCUT2D eigenvalue weighted by atomic mass is 10.0. The standard InChI is InChI=1S/C13H25N3O4S/c1-13(11-16(9-10-20-13)21(3,18)19)12(17)15-6-4-5-14(2)7-8-15/h4-11H2,1-3H3/t13-/m0/s1. The predicted molar refractivity (Wildman–Crippen MR) is 79.5 cm³/mol. The Bertz CT molecular complexity index is 496. The van der Waals surface area contributed by atoms with Gasteiger partial charge in [0.25, 0.3) is 5.91 Å². The van der Waals surface area contributed by atoms with Crippen LogP contribution in [-0.4, -0.2) is 93.2 Å². The van der Waals surface area contributed by atoms with E-state index in [-0.39, 0.29) is 19.1 Å². The van der Waals surface area contributed by atoms with Gasteiger partial charge in [-0.15, -0.1) is 0 Å². The van der Waals surface area contributed by atoms with E-state index >= 15 is 0 Å². The first kappa shape index (κ1) is 16.7. The molecule has 2 aliphatic rings.